The minimum absolute atomic E-state index is 0. The molecule has 0 heterocycles. The van der Waals surface area contributed by atoms with E-state index < -0.39 is 0 Å². The highest BCUT2D eigenvalue weighted by molar-refractivity contribution is 14.0. The first kappa shape index (κ1) is 22.4. The number of guanidine groups is 1. The maximum absolute atomic E-state index is 5.64. The molecule has 0 bridgehead atoms. The van der Waals surface area contributed by atoms with E-state index in [-0.39, 0.29) is 24.0 Å². The Hall–Kier alpha value is -0.630. The van der Waals surface area contributed by atoms with E-state index in [1.165, 1.54) is 18.6 Å². The van der Waals surface area contributed by atoms with Gasteiger partial charge in [-0.2, -0.15) is 11.8 Å². The fourth-order valence-electron chi connectivity index (χ4n) is 2.01. The van der Waals surface area contributed by atoms with Crippen molar-refractivity contribution in [3.63, 3.8) is 0 Å². The van der Waals surface area contributed by atoms with E-state index in [9.17, 15) is 0 Å². The molecule has 0 aliphatic carbocycles. The Balaban J connectivity index is 0.00000484. The first-order chi connectivity index (χ1) is 10.8. The number of halogens is 1. The highest BCUT2D eigenvalue weighted by Gasteiger charge is 2.02. The van der Waals surface area contributed by atoms with Gasteiger partial charge in [0.15, 0.2) is 5.96 Å². The minimum Gasteiger partial charge on any atom is -0.494 e. The molecular formula is C17H30IN3OS. The normalized spacial score (nSPS) is 10.8. The summed E-state index contributed by atoms with van der Waals surface area (Å²) in [6.45, 7) is 7.20. The van der Waals surface area contributed by atoms with Crippen LogP contribution >= 0.6 is 35.7 Å². The van der Waals surface area contributed by atoms with Crippen LogP contribution in [0.5, 0.6) is 5.75 Å². The Morgan fingerprint density at radius 1 is 1.17 bits per heavy atom. The van der Waals surface area contributed by atoms with Crippen LogP contribution in [0.3, 0.4) is 0 Å². The highest BCUT2D eigenvalue weighted by Crippen LogP contribution is 2.18. The molecule has 0 aromatic heterocycles. The summed E-state index contributed by atoms with van der Waals surface area (Å²) in [5, 5.41) is 6.68. The number of nitrogens with one attached hydrogen (secondary N) is 2. The Morgan fingerprint density at radius 2 is 1.96 bits per heavy atom. The monoisotopic (exact) mass is 451 g/mol. The van der Waals surface area contributed by atoms with Crippen molar-refractivity contribution in [2.24, 2.45) is 4.99 Å². The maximum Gasteiger partial charge on any atom is 0.191 e. The van der Waals surface area contributed by atoms with Crippen molar-refractivity contribution in [1.29, 1.82) is 0 Å². The lowest BCUT2D eigenvalue weighted by Gasteiger charge is -2.12. The molecule has 0 amide bonds. The Labute approximate surface area is 162 Å². The first-order valence-corrected chi connectivity index (χ1v) is 9.43. The Morgan fingerprint density at radius 3 is 2.65 bits per heavy atom. The van der Waals surface area contributed by atoms with E-state index in [1.54, 1.807) is 0 Å². The van der Waals surface area contributed by atoms with E-state index >= 15 is 0 Å². The SMILES string of the molecule is CCNC(=NCc1ccccc1OCC)NCCCCSC.I. The van der Waals surface area contributed by atoms with Crippen LogP contribution in [0.1, 0.15) is 32.3 Å². The van der Waals surface area contributed by atoms with E-state index in [0.29, 0.717) is 13.2 Å². The molecule has 23 heavy (non-hydrogen) atoms. The molecule has 2 N–H and O–H groups in total. The third-order valence-corrected chi connectivity index (χ3v) is 3.79. The minimum atomic E-state index is 0. The van der Waals surface area contributed by atoms with Gasteiger partial charge in [0, 0.05) is 18.7 Å². The lowest BCUT2D eigenvalue weighted by molar-refractivity contribution is 0.336. The molecule has 0 saturated heterocycles. The number of para-hydroxylation sites is 1. The van der Waals surface area contributed by atoms with Gasteiger partial charge in [0.2, 0.25) is 0 Å². The lowest BCUT2D eigenvalue weighted by Crippen LogP contribution is -2.37. The largest absolute Gasteiger partial charge is 0.494 e. The van der Waals surface area contributed by atoms with Crippen LogP contribution in [0.15, 0.2) is 29.3 Å². The molecule has 1 rings (SSSR count). The standard InChI is InChI=1S/C17H29N3OS.HI/c1-4-18-17(19-12-8-9-13-22-3)20-14-15-10-6-7-11-16(15)21-5-2;/h6-7,10-11H,4-5,8-9,12-14H2,1-3H3,(H2,18,19,20);1H. The average Bonchev–Trinajstić information content (AvgIpc) is 2.54. The lowest BCUT2D eigenvalue weighted by atomic mass is 10.2. The number of benzene rings is 1. The van der Waals surface area contributed by atoms with Gasteiger partial charge in [-0.25, -0.2) is 4.99 Å². The molecule has 0 unspecified atom stereocenters. The van der Waals surface area contributed by atoms with Crippen molar-refractivity contribution in [2.45, 2.75) is 33.2 Å². The summed E-state index contributed by atoms with van der Waals surface area (Å²) in [4.78, 5) is 4.65. The molecule has 0 aliphatic rings. The zero-order chi connectivity index (χ0) is 16.0. The van der Waals surface area contributed by atoms with Crippen LogP contribution in [0, 0.1) is 0 Å². The van der Waals surface area contributed by atoms with Crippen LogP contribution in [0.25, 0.3) is 0 Å². The van der Waals surface area contributed by atoms with Gasteiger partial charge < -0.3 is 15.4 Å². The number of thioether (sulfide) groups is 1. The molecule has 1 aromatic carbocycles. The summed E-state index contributed by atoms with van der Waals surface area (Å²) in [7, 11) is 0. The molecule has 0 saturated carbocycles. The van der Waals surface area contributed by atoms with Crippen LogP contribution in [0.4, 0.5) is 0 Å². The fourth-order valence-corrected chi connectivity index (χ4v) is 2.51. The average molecular weight is 451 g/mol. The smallest absolute Gasteiger partial charge is 0.191 e. The Bertz CT molecular complexity index is 444. The van der Waals surface area contributed by atoms with Gasteiger partial charge in [0.05, 0.1) is 13.2 Å². The zero-order valence-electron chi connectivity index (χ0n) is 14.4. The van der Waals surface area contributed by atoms with Gasteiger partial charge in [0.1, 0.15) is 5.75 Å². The van der Waals surface area contributed by atoms with Crippen LogP contribution in [-0.4, -0.2) is 37.7 Å². The predicted octanol–water partition coefficient (Wildman–Crippen LogP) is 3.90. The number of unbranched alkanes of at least 4 members (excludes halogenated alkanes) is 1. The summed E-state index contributed by atoms with van der Waals surface area (Å²) in [5.41, 5.74) is 1.11. The van der Waals surface area contributed by atoms with Crippen molar-refractivity contribution in [1.82, 2.24) is 10.6 Å². The van der Waals surface area contributed by atoms with Crippen molar-refractivity contribution >= 4 is 41.7 Å². The maximum atomic E-state index is 5.64. The van der Waals surface area contributed by atoms with Crippen LogP contribution in [-0.2, 0) is 6.54 Å². The third kappa shape index (κ3) is 9.96. The molecule has 0 aliphatic heterocycles. The number of rotatable bonds is 10. The number of ether oxygens (including phenoxy) is 1. The molecule has 0 radical (unpaired) electrons. The van der Waals surface area contributed by atoms with Gasteiger partial charge >= 0.3 is 0 Å². The molecule has 0 spiro atoms. The fraction of sp³-hybridized carbons (Fsp3) is 0.588. The molecule has 0 atom stereocenters. The van der Waals surface area contributed by atoms with Gasteiger partial charge in [-0.15, -0.1) is 24.0 Å². The molecule has 132 valence electrons. The van der Waals surface area contributed by atoms with Gasteiger partial charge in [-0.05, 0) is 44.8 Å². The van der Waals surface area contributed by atoms with E-state index in [1.807, 2.05) is 36.9 Å². The summed E-state index contributed by atoms with van der Waals surface area (Å²) in [5.74, 6) is 3.01. The molecular weight excluding hydrogens is 421 g/mol. The predicted molar refractivity (Wildman–Crippen MR) is 113 cm³/mol. The van der Waals surface area contributed by atoms with Gasteiger partial charge in [-0.1, -0.05) is 18.2 Å². The Kier molecular flexibility index (Phi) is 14.5. The van der Waals surface area contributed by atoms with Crippen molar-refractivity contribution in [3.8, 4) is 5.75 Å². The second-order valence-electron chi connectivity index (χ2n) is 4.86. The second-order valence-corrected chi connectivity index (χ2v) is 5.85. The summed E-state index contributed by atoms with van der Waals surface area (Å²) in [6.07, 6.45) is 4.55. The first-order valence-electron chi connectivity index (χ1n) is 8.03. The second kappa shape index (κ2) is 14.9. The molecule has 1 aromatic rings. The zero-order valence-corrected chi connectivity index (χ0v) is 17.6. The van der Waals surface area contributed by atoms with Crippen LogP contribution < -0.4 is 15.4 Å². The van der Waals surface area contributed by atoms with Crippen molar-refractivity contribution < 1.29 is 4.74 Å². The molecule has 4 nitrogen and oxygen atoms in total. The van der Waals surface area contributed by atoms with Crippen molar-refractivity contribution in [2.75, 3.05) is 31.7 Å². The number of hydrogen-bond donors (Lipinski definition) is 2. The molecule has 0 fully saturated rings. The number of nitrogens with zero attached hydrogens (tertiary/aromatic N) is 1. The third-order valence-electron chi connectivity index (χ3n) is 3.09. The van der Waals surface area contributed by atoms with E-state index in [4.69, 9.17) is 4.74 Å². The topological polar surface area (TPSA) is 45.7 Å². The summed E-state index contributed by atoms with van der Waals surface area (Å²) >= 11 is 1.90. The van der Waals surface area contributed by atoms with Gasteiger partial charge in [0.25, 0.3) is 0 Å². The van der Waals surface area contributed by atoms with Crippen LogP contribution in [0.2, 0.25) is 0 Å². The van der Waals surface area contributed by atoms with Gasteiger partial charge in [-0.3, -0.25) is 0 Å². The number of aliphatic imine (C=N–C) groups is 1. The van der Waals surface area contributed by atoms with Crippen molar-refractivity contribution in [3.05, 3.63) is 29.8 Å². The van der Waals surface area contributed by atoms with E-state index in [2.05, 4.69) is 34.9 Å². The summed E-state index contributed by atoms with van der Waals surface area (Å²) < 4.78 is 5.64. The number of hydrogen-bond acceptors (Lipinski definition) is 3. The molecule has 6 heteroatoms. The van der Waals surface area contributed by atoms with E-state index in [0.717, 1.165) is 30.4 Å². The quantitative estimate of drug-likeness (QED) is 0.245. The summed E-state index contributed by atoms with van der Waals surface area (Å²) in [6, 6.07) is 8.08. The highest BCUT2D eigenvalue weighted by atomic mass is 127.